The van der Waals surface area contributed by atoms with E-state index in [0.29, 0.717) is 10.6 Å². The first-order valence-corrected chi connectivity index (χ1v) is 14.8. The first kappa shape index (κ1) is 25.8. The second-order valence-corrected chi connectivity index (χ2v) is 12.7. The van der Waals surface area contributed by atoms with Gasteiger partial charge < -0.3 is 4.81 Å². The Labute approximate surface area is 198 Å². The Hall–Kier alpha value is 0.155. The Bertz CT molecular complexity index is 461. The molecule has 1 unspecified atom stereocenters. The van der Waals surface area contributed by atoms with Crippen LogP contribution in [-0.4, -0.2) is 39.1 Å². The average Bonchev–Trinajstić information content (AvgIpc) is 3.17. The highest BCUT2D eigenvalue weighted by Gasteiger charge is 2.36. The minimum Gasteiger partial charge on any atom is -0.356 e. The third kappa shape index (κ3) is 9.50. The van der Waals surface area contributed by atoms with Gasteiger partial charge >= 0.3 is 0 Å². The van der Waals surface area contributed by atoms with Crippen molar-refractivity contribution in [1.82, 2.24) is 4.81 Å². The molecule has 0 bridgehead atoms. The summed E-state index contributed by atoms with van der Waals surface area (Å²) in [7, 11) is 4.33. The van der Waals surface area contributed by atoms with Gasteiger partial charge in [-0.05, 0) is 25.3 Å². The highest BCUT2D eigenvalue weighted by molar-refractivity contribution is 7.00. The minimum absolute atomic E-state index is 0.609. The number of rotatable bonds is 5. The highest BCUT2D eigenvalue weighted by Crippen LogP contribution is 2.42. The van der Waals surface area contributed by atoms with Crippen LogP contribution in [0.1, 0.15) is 149 Å². The van der Waals surface area contributed by atoms with Crippen molar-refractivity contribution in [3.63, 3.8) is 0 Å². The fourth-order valence-corrected chi connectivity index (χ4v) is 7.26. The normalized spacial score (nSPS) is 29.4. The molecule has 2 saturated carbocycles. The first-order chi connectivity index (χ1) is 15.1. The van der Waals surface area contributed by atoms with Crippen LogP contribution in [0.2, 0.25) is 10.6 Å². The summed E-state index contributed by atoms with van der Waals surface area (Å²) < 4.78 is 0. The van der Waals surface area contributed by atoms with Gasteiger partial charge in [0.1, 0.15) is 14.4 Å². The van der Waals surface area contributed by atoms with Crippen LogP contribution in [-0.2, 0) is 0 Å². The second-order valence-electron chi connectivity index (χ2n) is 12.7. The third-order valence-electron chi connectivity index (χ3n) is 9.60. The molecule has 0 spiro atoms. The van der Waals surface area contributed by atoms with Gasteiger partial charge in [-0.15, -0.1) is 0 Å². The molecule has 0 aromatic carbocycles. The van der Waals surface area contributed by atoms with E-state index in [4.69, 9.17) is 0 Å². The largest absolute Gasteiger partial charge is 0.356 e. The summed E-state index contributed by atoms with van der Waals surface area (Å²) >= 11 is 0. The number of hydrogen-bond acceptors (Lipinski definition) is 1. The smallest absolute Gasteiger partial charge is 0.165 e. The Morgan fingerprint density at radius 2 is 0.968 bits per heavy atom. The van der Waals surface area contributed by atoms with E-state index in [1.807, 2.05) is 0 Å². The van der Waals surface area contributed by atoms with Crippen molar-refractivity contribution in [2.75, 3.05) is 6.54 Å². The van der Waals surface area contributed by atoms with Crippen molar-refractivity contribution in [1.29, 1.82) is 0 Å². The SMILES string of the molecule is CC1(BC2CCCN2BBC2(C)CCCCCCCCC2)CCCCCCCCCC1. The zero-order chi connectivity index (χ0) is 21.8. The zero-order valence-electron chi connectivity index (χ0n) is 21.7. The van der Waals surface area contributed by atoms with E-state index in [2.05, 4.69) is 18.7 Å². The maximum atomic E-state index is 2.96. The standard InChI is InChI=1S/C27H54B3N/c1-26(20-14-10-6-3-4-7-11-15-21-26)28-25-19-18-24-31(25)30-29-27(2)22-16-12-8-5-9-13-17-23-27/h25,28-30H,3-24H2,1-2H3. The Balaban J connectivity index is 1.51. The fraction of sp³-hybridized carbons (Fsp3) is 1.00. The van der Waals surface area contributed by atoms with Gasteiger partial charge in [-0.3, -0.25) is 0 Å². The lowest BCUT2D eigenvalue weighted by Gasteiger charge is -2.37. The molecule has 4 heteroatoms. The van der Waals surface area contributed by atoms with Crippen molar-refractivity contribution in [3.8, 4) is 0 Å². The average molecular weight is 425 g/mol. The van der Waals surface area contributed by atoms with Crippen molar-refractivity contribution in [2.45, 2.75) is 165 Å². The van der Waals surface area contributed by atoms with E-state index < -0.39 is 0 Å². The molecule has 0 amide bonds. The van der Waals surface area contributed by atoms with Crippen LogP contribution in [0.3, 0.4) is 0 Å². The lowest BCUT2D eigenvalue weighted by Crippen LogP contribution is -2.45. The molecule has 1 atom stereocenters. The summed E-state index contributed by atoms with van der Waals surface area (Å²) in [5.74, 6) is 0.887. The molecule has 3 fully saturated rings. The van der Waals surface area contributed by atoms with E-state index in [1.54, 1.807) is 0 Å². The monoisotopic (exact) mass is 425 g/mol. The molecule has 1 heterocycles. The van der Waals surface area contributed by atoms with Gasteiger partial charge in [0.25, 0.3) is 0 Å². The van der Waals surface area contributed by atoms with Crippen molar-refractivity contribution in [2.24, 2.45) is 0 Å². The third-order valence-corrected chi connectivity index (χ3v) is 9.60. The van der Waals surface area contributed by atoms with Crippen LogP contribution < -0.4 is 0 Å². The summed E-state index contributed by atoms with van der Waals surface area (Å²) in [6, 6.07) is 0. The van der Waals surface area contributed by atoms with Gasteiger partial charge in [-0.1, -0.05) is 146 Å². The molecule has 31 heavy (non-hydrogen) atoms. The quantitative estimate of drug-likeness (QED) is 0.417. The lowest BCUT2D eigenvalue weighted by molar-refractivity contribution is 0.425. The topological polar surface area (TPSA) is 3.24 Å². The van der Waals surface area contributed by atoms with Crippen molar-refractivity contribution < 1.29 is 0 Å². The van der Waals surface area contributed by atoms with E-state index in [0.717, 1.165) is 5.94 Å². The predicted molar refractivity (Wildman–Crippen MR) is 146 cm³/mol. The summed E-state index contributed by atoms with van der Waals surface area (Å²) in [5, 5.41) is 1.22. The van der Waals surface area contributed by atoms with Gasteiger partial charge in [0.05, 0.1) is 0 Å². The van der Waals surface area contributed by atoms with Crippen LogP contribution in [0.5, 0.6) is 0 Å². The fourth-order valence-electron chi connectivity index (χ4n) is 7.26. The Morgan fingerprint density at radius 3 is 1.45 bits per heavy atom. The van der Waals surface area contributed by atoms with Crippen molar-refractivity contribution in [3.05, 3.63) is 0 Å². The molecule has 1 aliphatic heterocycles. The number of nitrogens with zero attached hydrogens (tertiary/aromatic N) is 1. The highest BCUT2D eigenvalue weighted by atomic mass is 15.1. The van der Waals surface area contributed by atoms with Crippen LogP contribution >= 0.6 is 0 Å². The van der Waals surface area contributed by atoms with Crippen LogP contribution in [0.25, 0.3) is 0 Å². The maximum Gasteiger partial charge on any atom is 0.165 e. The van der Waals surface area contributed by atoms with E-state index >= 15 is 0 Å². The summed E-state index contributed by atoms with van der Waals surface area (Å²) in [5.41, 5.74) is 0. The molecule has 176 valence electrons. The summed E-state index contributed by atoms with van der Waals surface area (Å²) in [6.07, 6.45) is 31.2. The molecule has 0 aromatic rings. The minimum atomic E-state index is 0.609. The van der Waals surface area contributed by atoms with Crippen LogP contribution in [0, 0.1) is 0 Å². The van der Waals surface area contributed by atoms with Gasteiger partial charge in [-0.25, -0.2) is 0 Å². The second kappa shape index (κ2) is 13.8. The molecule has 0 aromatic heterocycles. The molecular weight excluding hydrogens is 371 g/mol. The van der Waals surface area contributed by atoms with Crippen LogP contribution in [0.4, 0.5) is 0 Å². The van der Waals surface area contributed by atoms with E-state index in [9.17, 15) is 0 Å². The molecule has 0 radical (unpaired) electrons. The van der Waals surface area contributed by atoms with Gasteiger partial charge in [0, 0.05) is 0 Å². The summed E-state index contributed by atoms with van der Waals surface area (Å²) in [6.45, 7) is 6.70. The molecule has 0 N–H and O–H groups in total. The number of hydrogen-bond donors (Lipinski definition) is 0. The predicted octanol–water partition coefficient (Wildman–Crippen LogP) is 7.34. The Morgan fingerprint density at radius 1 is 0.548 bits per heavy atom. The van der Waals surface area contributed by atoms with Crippen LogP contribution in [0.15, 0.2) is 0 Å². The van der Waals surface area contributed by atoms with E-state index in [-0.39, 0.29) is 0 Å². The zero-order valence-corrected chi connectivity index (χ0v) is 21.7. The molecule has 3 rings (SSSR count). The van der Waals surface area contributed by atoms with Gasteiger partial charge in [0.2, 0.25) is 0 Å². The molecular formula is C27H54B3N. The maximum absolute atomic E-state index is 2.96. The molecule has 1 saturated heterocycles. The first-order valence-electron chi connectivity index (χ1n) is 14.8. The molecule has 2 aliphatic carbocycles. The summed E-state index contributed by atoms with van der Waals surface area (Å²) in [4.78, 5) is 2.96. The van der Waals surface area contributed by atoms with Crippen molar-refractivity contribution >= 4 is 21.8 Å². The van der Waals surface area contributed by atoms with E-state index in [1.165, 1.54) is 163 Å². The molecule has 1 nitrogen and oxygen atoms in total. The Kier molecular flexibility index (Phi) is 11.4. The molecule has 3 aliphatic rings. The lowest BCUT2D eigenvalue weighted by atomic mass is 9.30. The van der Waals surface area contributed by atoms with Gasteiger partial charge in [-0.2, -0.15) is 0 Å². The van der Waals surface area contributed by atoms with Gasteiger partial charge in [0.15, 0.2) is 7.31 Å².